The van der Waals surface area contributed by atoms with E-state index in [0.717, 1.165) is 6.42 Å². The third-order valence-corrected chi connectivity index (χ3v) is 3.21. The van der Waals surface area contributed by atoms with E-state index in [9.17, 15) is 9.59 Å². The van der Waals surface area contributed by atoms with Crippen molar-refractivity contribution in [1.82, 2.24) is 0 Å². The third kappa shape index (κ3) is 2.49. The van der Waals surface area contributed by atoms with Crippen molar-refractivity contribution in [1.29, 1.82) is 0 Å². The Kier molecular flexibility index (Phi) is 4.09. The van der Waals surface area contributed by atoms with Gasteiger partial charge in [0.15, 0.2) is 0 Å². The molecule has 0 aromatic carbocycles. The Balaban J connectivity index is 2.91. The first-order valence-corrected chi connectivity index (χ1v) is 5.79. The van der Waals surface area contributed by atoms with Crippen LogP contribution in [-0.2, 0) is 9.59 Å². The van der Waals surface area contributed by atoms with Crippen molar-refractivity contribution in [2.45, 2.75) is 46.0 Å². The quantitative estimate of drug-likeness (QED) is 0.693. The number of ketones is 2. The maximum Gasteiger partial charge on any atom is 0.147 e. The minimum atomic E-state index is -0.745. The lowest BCUT2D eigenvalue weighted by atomic mass is 9.77. The predicted octanol–water partition coefficient (Wildman–Crippen LogP) is 3.24. The van der Waals surface area contributed by atoms with Crippen LogP contribution in [0.15, 0.2) is 11.1 Å². The van der Waals surface area contributed by atoms with Crippen LogP contribution in [0.4, 0.5) is 0 Å². The van der Waals surface area contributed by atoms with Crippen molar-refractivity contribution < 1.29 is 9.59 Å². The molecule has 0 saturated heterocycles. The van der Waals surface area contributed by atoms with Gasteiger partial charge in [-0.15, -0.1) is 0 Å². The topological polar surface area (TPSA) is 34.1 Å². The zero-order valence-electron chi connectivity index (χ0n) is 9.31. The summed E-state index contributed by atoms with van der Waals surface area (Å²) in [7, 11) is 0. The molecule has 0 aliphatic heterocycles. The van der Waals surface area contributed by atoms with Gasteiger partial charge in [0.25, 0.3) is 0 Å². The van der Waals surface area contributed by atoms with Crippen LogP contribution in [0.3, 0.4) is 0 Å². The van der Waals surface area contributed by atoms with Gasteiger partial charge >= 0.3 is 0 Å². The average molecular weight is 229 g/mol. The molecule has 0 amide bonds. The van der Waals surface area contributed by atoms with Crippen molar-refractivity contribution in [2.24, 2.45) is 5.41 Å². The molecule has 1 fully saturated rings. The second kappa shape index (κ2) is 4.93. The largest absolute Gasteiger partial charge is 0.299 e. The zero-order valence-corrected chi connectivity index (χ0v) is 10.1. The van der Waals surface area contributed by atoms with Gasteiger partial charge in [-0.2, -0.15) is 0 Å². The number of allylic oxidation sites excluding steroid dienone is 2. The van der Waals surface area contributed by atoms with E-state index in [1.807, 2.05) is 6.92 Å². The van der Waals surface area contributed by atoms with Gasteiger partial charge < -0.3 is 0 Å². The molecule has 1 aliphatic rings. The second-order valence-electron chi connectivity index (χ2n) is 4.17. The van der Waals surface area contributed by atoms with Crippen LogP contribution in [0.2, 0.25) is 0 Å². The summed E-state index contributed by atoms with van der Waals surface area (Å²) < 4.78 is 0. The molecular formula is C12H17ClO2. The smallest absolute Gasteiger partial charge is 0.147 e. The summed E-state index contributed by atoms with van der Waals surface area (Å²) in [5, 5.41) is 0.651. The van der Waals surface area contributed by atoms with Crippen LogP contribution in [-0.4, -0.2) is 11.6 Å². The van der Waals surface area contributed by atoms with Crippen molar-refractivity contribution in [3.63, 3.8) is 0 Å². The molecule has 0 aromatic heterocycles. The first kappa shape index (κ1) is 12.4. The molecule has 3 heteroatoms. The molecule has 15 heavy (non-hydrogen) atoms. The van der Waals surface area contributed by atoms with Crippen LogP contribution in [0.25, 0.3) is 0 Å². The summed E-state index contributed by atoms with van der Waals surface area (Å²) in [5.74, 6) is 0.201. The fourth-order valence-corrected chi connectivity index (χ4v) is 2.29. The van der Waals surface area contributed by atoms with E-state index in [4.69, 9.17) is 11.6 Å². The lowest BCUT2D eigenvalue weighted by molar-refractivity contribution is -0.135. The Labute approximate surface area is 95.7 Å². The highest BCUT2D eigenvalue weighted by Gasteiger charge is 2.47. The van der Waals surface area contributed by atoms with Crippen LogP contribution in [0.5, 0.6) is 0 Å². The Morgan fingerprint density at radius 1 is 1.40 bits per heavy atom. The number of halogens is 1. The predicted molar refractivity (Wildman–Crippen MR) is 60.8 cm³/mol. The molecule has 0 heterocycles. The lowest BCUT2D eigenvalue weighted by Gasteiger charge is -2.23. The molecule has 0 radical (unpaired) electrons. The summed E-state index contributed by atoms with van der Waals surface area (Å²) in [5.41, 5.74) is -0.745. The Bertz CT molecular complexity index is 285. The third-order valence-electron chi connectivity index (χ3n) is 3.06. The highest BCUT2D eigenvalue weighted by atomic mass is 35.5. The first-order valence-electron chi connectivity index (χ1n) is 5.42. The monoisotopic (exact) mass is 228 g/mol. The standard InChI is InChI=1S/C12H17ClO2/c1-3-7-12(8-6-9(2)13)10(14)4-5-11(12)15/h6H,3-5,7-8H2,1-2H3. The number of carbonyl (C=O) groups excluding carboxylic acids is 2. The fraction of sp³-hybridized carbons (Fsp3) is 0.667. The number of hydrogen-bond donors (Lipinski definition) is 0. The SMILES string of the molecule is CCCC1(CC=C(C)Cl)C(=O)CCC1=O. The lowest BCUT2D eigenvalue weighted by Crippen LogP contribution is -2.32. The van der Waals surface area contributed by atoms with Crippen molar-refractivity contribution in [2.75, 3.05) is 0 Å². The van der Waals surface area contributed by atoms with E-state index in [0.29, 0.717) is 30.7 Å². The van der Waals surface area contributed by atoms with E-state index >= 15 is 0 Å². The molecule has 2 nitrogen and oxygen atoms in total. The van der Waals surface area contributed by atoms with Gasteiger partial charge in [-0.1, -0.05) is 31.0 Å². The minimum absolute atomic E-state index is 0.100. The number of rotatable bonds is 4. The summed E-state index contributed by atoms with van der Waals surface area (Å²) in [6.45, 7) is 3.77. The maximum absolute atomic E-state index is 11.8. The van der Waals surface area contributed by atoms with Crippen LogP contribution in [0, 0.1) is 5.41 Å². The van der Waals surface area contributed by atoms with Gasteiger partial charge in [0.05, 0.1) is 5.41 Å². The minimum Gasteiger partial charge on any atom is -0.299 e. The summed E-state index contributed by atoms with van der Waals surface area (Å²) in [6, 6.07) is 0. The van der Waals surface area contributed by atoms with Gasteiger partial charge in [0.1, 0.15) is 11.6 Å². The molecular weight excluding hydrogens is 212 g/mol. The molecule has 1 saturated carbocycles. The molecule has 1 aliphatic carbocycles. The van der Waals surface area contributed by atoms with E-state index in [2.05, 4.69) is 0 Å². The van der Waals surface area contributed by atoms with Crippen molar-refractivity contribution >= 4 is 23.2 Å². The number of Topliss-reactive ketones (excluding diaryl/α,β-unsaturated/α-hetero) is 2. The van der Waals surface area contributed by atoms with Gasteiger partial charge in [-0.05, 0) is 19.8 Å². The molecule has 0 aromatic rings. The Morgan fingerprint density at radius 2 is 1.93 bits per heavy atom. The molecule has 1 rings (SSSR count). The summed E-state index contributed by atoms with van der Waals surface area (Å²) in [6.07, 6.45) is 4.60. The normalized spacial score (nSPS) is 21.1. The van der Waals surface area contributed by atoms with Crippen LogP contribution >= 0.6 is 11.6 Å². The maximum atomic E-state index is 11.8. The van der Waals surface area contributed by atoms with E-state index in [-0.39, 0.29) is 11.6 Å². The van der Waals surface area contributed by atoms with Crippen LogP contribution in [0.1, 0.15) is 46.0 Å². The zero-order chi connectivity index (χ0) is 11.5. The van der Waals surface area contributed by atoms with Crippen molar-refractivity contribution in [3.8, 4) is 0 Å². The summed E-state index contributed by atoms with van der Waals surface area (Å²) in [4.78, 5) is 23.6. The summed E-state index contributed by atoms with van der Waals surface area (Å²) >= 11 is 5.75. The average Bonchev–Trinajstić information content (AvgIpc) is 2.44. The molecule has 0 spiro atoms. The molecule has 0 N–H and O–H groups in total. The molecule has 84 valence electrons. The Hall–Kier alpha value is -0.630. The highest BCUT2D eigenvalue weighted by Crippen LogP contribution is 2.39. The Morgan fingerprint density at radius 3 is 2.33 bits per heavy atom. The van der Waals surface area contributed by atoms with Gasteiger partial charge in [0.2, 0.25) is 0 Å². The number of carbonyl (C=O) groups is 2. The van der Waals surface area contributed by atoms with Crippen molar-refractivity contribution in [3.05, 3.63) is 11.1 Å². The van der Waals surface area contributed by atoms with Gasteiger partial charge in [0, 0.05) is 17.9 Å². The highest BCUT2D eigenvalue weighted by molar-refractivity contribution is 6.29. The number of hydrogen-bond acceptors (Lipinski definition) is 2. The molecule has 0 unspecified atom stereocenters. The van der Waals surface area contributed by atoms with Gasteiger partial charge in [-0.3, -0.25) is 9.59 Å². The second-order valence-corrected chi connectivity index (χ2v) is 4.77. The van der Waals surface area contributed by atoms with E-state index in [1.165, 1.54) is 0 Å². The van der Waals surface area contributed by atoms with E-state index < -0.39 is 5.41 Å². The van der Waals surface area contributed by atoms with Gasteiger partial charge in [-0.25, -0.2) is 0 Å². The molecule has 0 bridgehead atoms. The fourth-order valence-electron chi connectivity index (χ4n) is 2.21. The van der Waals surface area contributed by atoms with Crippen LogP contribution < -0.4 is 0 Å². The van der Waals surface area contributed by atoms with E-state index in [1.54, 1.807) is 13.0 Å². The molecule has 0 atom stereocenters. The first-order chi connectivity index (χ1) is 7.03.